The molecule has 0 amide bonds. The van der Waals surface area contributed by atoms with Crippen LogP contribution in [-0.4, -0.2) is 11.9 Å². The Balaban J connectivity index is 2.49. The third-order valence-electron chi connectivity index (χ3n) is 1.66. The number of rotatable bonds is 0. The van der Waals surface area contributed by atoms with Crippen LogP contribution in [0, 0.1) is 6.42 Å². The molecular weight excluding hydrogens is 144 g/mol. The molecule has 0 atom stereocenters. The van der Waals surface area contributed by atoms with Crippen molar-refractivity contribution >= 4 is 11.9 Å². The van der Waals surface area contributed by atoms with E-state index in [1.807, 2.05) is 6.42 Å². The Morgan fingerprint density at radius 1 is 1.18 bits per heavy atom. The van der Waals surface area contributed by atoms with Gasteiger partial charge in [0.25, 0.3) is 0 Å². The maximum Gasteiger partial charge on any atom is 0.346 e. The van der Waals surface area contributed by atoms with Crippen LogP contribution in [0.3, 0.4) is 0 Å². The van der Waals surface area contributed by atoms with E-state index in [2.05, 4.69) is 4.74 Å². The highest BCUT2D eigenvalue weighted by Gasteiger charge is 2.33. The second kappa shape index (κ2) is 2.05. The molecule has 0 aromatic rings. The van der Waals surface area contributed by atoms with E-state index in [4.69, 9.17) is 0 Å². The van der Waals surface area contributed by atoms with Crippen molar-refractivity contribution in [2.75, 3.05) is 0 Å². The van der Waals surface area contributed by atoms with Gasteiger partial charge in [0.15, 0.2) is 0 Å². The van der Waals surface area contributed by atoms with Crippen LogP contribution < -0.4 is 0 Å². The molecule has 3 heteroatoms. The number of carbonyl (C=O) groups is 2. The van der Waals surface area contributed by atoms with E-state index in [1.165, 1.54) is 0 Å². The number of hydrogen-bond acceptors (Lipinski definition) is 3. The molecule has 0 spiro atoms. The second-order valence-corrected chi connectivity index (χ2v) is 2.35. The van der Waals surface area contributed by atoms with Gasteiger partial charge in [-0.2, -0.15) is 0 Å². The molecule has 2 rings (SSSR count). The zero-order valence-corrected chi connectivity index (χ0v) is 5.66. The average Bonchev–Trinajstić information content (AvgIpc) is 2.30. The standard InChI is InChI=1S/C8H5O3/c9-7-5-3-1-2-4-6(5)8(10)11-7/h1,3-4H,2H2. The smallest absolute Gasteiger partial charge is 0.346 e. The SMILES string of the molecule is O=C1OC(=O)C2=CC[CH]C=C12. The minimum absolute atomic E-state index is 0.390. The summed E-state index contributed by atoms with van der Waals surface area (Å²) >= 11 is 0. The molecule has 1 fully saturated rings. The fourth-order valence-electron chi connectivity index (χ4n) is 1.14. The average molecular weight is 149 g/mol. The third-order valence-corrected chi connectivity index (χ3v) is 1.66. The number of ether oxygens (including phenoxy) is 1. The zero-order valence-electron chi connectivity index (χ0n) is 5.66. The van der Waals surface area contributed by atoms with Gasteiger partial charge in [-0.15, -0.1) is 0 Å². The Bertz CT molecular complexity index is 266. The molecule has 2 aliphatic rings. The molecule has 11 heavy (non-hydrogen) atoms. The van der Waals surface area contributed by atoms with Gasteiger partial charge in [0, 0.05) is 0 Å². The second-order valence-electron chi connectivity index (χ2n) is 2.35. The highest BCUT2D eigenvalue weighted by atomic mass is 16.6. The van der Waals surface area contributed by atoms with Gasteiger partial charge < -0.3 is 4.74 Å². The van der Waals surface area contributed by atoms with Gasteiger partial charge in [-0.25, -0.2) is 9.59 Å². The maximum absolute atomic E-state index is 10.9. The molecular formula is C8H5O3. The molecule has 0 aromatic carbocycles. The minimum atomic E-state index is -0.530. The van der Waals surface area contributed by atoms with Crippen molar-refractivity contribution in [3.8, 4) is 0 Å². The largest absolute Gasteiger partial charge is 0.386 e. The lowest BCUT2D eigenvalue weighted by atomic mass is 10.0. The van der Waals surface area contributed by atoms with Gasteiger partial charge in [-0.1, -0.05) is 12.2 Å². The fourth-order valence-corrected chi connectivity index (χ4v) is 1.14. The van der Waals surface area contributed by atoms with Gasteiger partial charge in [-0.05, 0) is 12.8 Å². The van der Waals surface area contributed by atoms with E-state index in [1.54, 1.807) is 12.2 Å². The van der Waals surface area contributed by atoms with Crippen molar-refractivity contribution in [2.24, 2.45) is 0 Å². The number of allylic oxidation sites excluding steroid dienone is 2. The third kappa shape index (κ3) is 0.808. The van der Waals surface area contributed by atoms with E-state index in [9.17, 15) is 9.59 Å². The van der Waals surface area contributed by atoms with Crippen LogP contribution in [0.15, 0.2) is 23.3 Å². The molecule has 0 N–H and O–H groups in total. The number of esters is 2. The lowest BCUT2D eigenvalue weighted by molar-refractivity contribution is -0.149. The molecule has 0 unspecified atom stereocenters. The lowest BCUT2D eigenvalue weighted by Gasteiger charge is -1.98. The molecule has 1 heterocycles. The van der Waals surface area contributed by atoms with Crippen LogP contribution in [0.25, 0.3) is 0 Å². The van der Waals surface area contributed by atoms with Crippen molar-refractivity contribution in [2.45, 2.75) is 6.42 Å². The first-order valence-electron chi connectivity index (χ1n) is 3.29. The molecule has 0 saturated carbocycles. The highest BCUT2D eigenvalue weighted by Crippen LogP contribution is 2.26. The summed E-state index contributed by atoms with van der Waals surface area (Å²) in [6.07, 6.45) is 5.84. The fraction of sp³-hybridized carbons (Fsp3) is 0.125. The van der Waals surface area contributed by atoms with Crippen molar-refractivity contribution in [3.63, 3.8) is 0 Å². The summed E-state index contributed by atoms with van der Waals surface area (Å²) in [7, 11) is 0. The molecule has 55 valence electrons. The van der Waals surface area contributed by atoms with Crippen LogP contribution in [0.2, 0.25) is 0 Å². The van der Waals surface area contributed by atoms with Crippen molar-refractivity contribution < 1.29 is 14.3 Å². The van der Waals surface area contributed by atoms with E-state index >= 15 is 0 Å². The molecule has 1 aliphatic heterocycles. The number of fused-ring (bicyclic) bond motifs is 1. The quantitative estimate of drug-likeness (QED) is 0.372. The normalized spacial score (nSPS) is 22.2. The zero-order chi connectivity index (χ0) is 7.84. The molecule has 0 aromatic heterocycles. The Kier molecular flexibility index (Phi) is 1.18. The Morgan fingerprint density at radius 2 is 1.91 bits per heavy atom. The summed E-state index contributed by atoms with van der Waals surface area (Å²) in [5.41, 5.74) is 0.804. The molecule has 1 aliphatic carbocycles. The maximum atomic E-state index is 10.9. The first kappa shape index (κ1) is 6.34. The summed E-state index contributed by atoms with van der Waals surface area (Å²) in [5.74, 6) is -1.05. The molecule has 3 nitrogen and oxygen atoms in total. The van der Waals surface area contributed by atoms with Crippen LogP contribution in [0.5, 0.6) is 0 Å². The lowest BCUT2D eigenvalue weighted by Crippen LogP contribution is -1.97. The predicted octanol–water partition coefficient (Wildman–Crippen LogP) is 0.531. The number of cyclic esters (lactones) is 2. The van der Waals surface area contributed by atoms with Crippen LogP contribution in [-0.2, 0) is 14.3 Å². The van der Waals surface area contributed by atoms with Gasteiger partial charge >= 0.3 is 11.9 Å². The summed E-state index contributed by atoms with van der Waals surface area (Å²) < 4.78 is 4.37. The van der Waals surface area contributed by atoms with Gasteiger partial charge in [0.2, 0.25) is 0 Å². The van der Waals surface area contributed by atoms with Crippen molar-refractivity contribution in [3.05, 3.63) is 29.7 Å². The topological polar surface area (TPSA) is 43.4 Å². The van der Waals surface area contributed by atoms with Gasteiger partial charge in [-0.3, -0.25) is 0 Å². The van der Waals surface area contributed by atoms with Crippen LogP contribution >= 0.6 is 0 Å². The van der Waals surface area contributed by atoms with E-state index in [-0.39, 0.29) is 0 Å². The summed E-state index contributed by atoms with van der Waals surface area (Å²) in [4.78, 5) is 21.7. The van der Waals surface area contributed by atoms with Gasteiger partial charge in [0.05, 0.1) is 11.1 Å². The molecule has 1 radical (unpaired) electrons. The molecule has 1 saturated heterocycles. The first-order chi connectivity index (χ1) is 5.29. The summed E-state index contributed by atoms with van der Waals surface area (Å²) in [5, 5.41) is 0. The molecule has 0 bridgehead atoms. The van der Waals surface area contributed by atoms with E-state index in [0.717, 1.165) is 0 Å². The first-order valence-corrected chi connectivity index (χ1v) is 3.29. The van der Waals surface area contributed by atoms with E-state index < -0.39 is 11.9 Å². The van der Waals surface area contributed by atoms with Gasteiger partial charge in [0.1, 0.15) is 0 Å². The number of hydrogen-bond donors (Lipinski definition) is 0. The summed E-state index contributed by atoms with van der Waals surface area (Å²) in [6.45, 7) is 0. The summed E-state index contributed by atoms with van der Waals surface area (Å²) in [6, 6.07) is 0. The Hall–Kier alpha value is -1.38. The Labute approximate surface area is 63.3 Å². The monoisotopic (exact) mass is 149 g/mol. The number of carbonyl (C=O) groups excluding carboxylic acids is 2. The van der Waals surface area contributed by atoms with Crippen molar-refractivity contribution in [1.29, 1.82) is 0 Å². The van der Waals surface area contributed by atoms with Crippen molar-refractivity contribution in [1.82, 2.24) is 0 Å². The van der Waals surface area contributed by atoms with Crippen LogP contribution in [0.4, 0.5) is 0 Å². The predicted molar refractivity (Wildman–Crippen MR) is 36.2 cm³/mol. The minimum Gasteiger partial charge on any atom is -0.386 e. The van der Waals surface area contributed by atoms with Crippen LogP contribution in [0.1, 0.15) is 6.42 Å². The highest BCUT2D eigenvalue weighted by molar-refractivity contribution is 6.18. The van der Waals surface area contributed by atoms with E-state index in [0.29, 0.717) is 17.6 Å². The Morgan fingerprint density at radius 3 is 2.64 bits per heavy atom.